The summed E-state index contributed by atoms with van der Waals surface area (Å²) in [7, 11) is 1.88. The van der Waals surface area contributed by atoms with E-state index in [-0.39, 0.29) is 24.5 Å². The Morgan fingerprint density at radius 3 is 2.60 bits per heavy atom. The molecule has 4 heteroatoms. The van der Waals surface area contributed by atoms with Crippen molar-refractivity contribution in [3.63, 3.8) is 0 Å². The highest BCUT2D eigenvalue weighted by molar-refractivity contribution is 5.92. The van der Waals surface area contributed by atoms with Crippen LogP contribution in [0.2, 0.25) is 0 Å². The lowest BCUT2D eigenvalue weighted by Crippen LogP contribution is -2.41. The van der Waals surface area contributed by atoms with E-state index in [2.05, 4.69) is 0 Å². The summed E-state index contributed by atoms with van der Waals surface area (Å²) >= 11 is 0. The molecule has 0 N–H and O–H groups in total. The summed E-state index contributed by atoms with van der Waals surface area (Å²) in [6, 6.07) is 0. The van der Waals surface area contributed by atoms with Crippen molar-refractivity contribution in [3.8, 4) is 0 Å². The van der Waals surface area contributed by atoms with Gasteiger partial charge in [0.1, 0.15) is 0 Å². The van der Waals surface area contributed by atoms with Gasteiger partial charge in [-0.05, 0) is 12.3 Å². The number of nitrogens with zero attached hydrogens (tertiary/aromatic N) is 1. The summed E-state index contributed by atoms with van der Waals surface area (Å²) < 4.78 is 25.2. The Bertz CT molecular complexity index is 304. The number of rotatable bonds is 3. The number of allylic oxidation sites excluding steroid dienone is 2. The number of alkyl halides is 2. The number of ketones is 1. The summed E-state index contributed by atoms with van der Waals surface area (Å²) in [5.41, 5.74) is 0.996. The molecule has 1 saturated carbocycles. The zero-order chi connectivity index (χ0) is 11.1. The van der Waals surface area contributed by atoms with Crippen LogP contribution in [0.3, 0.4) is 0 Å². The van der Waals surface area contributed by atoms with Gasteiger partial charge >= 0.3 is 0 Å². The average molecular weight is 215 g/mol. The zero-order valence-corrected chi connectivity index (χ0v) is 8.80. The van der Waals surface area contributed by atoms with Gasteiger partial charge < -0.3 is 4.90 Å². The van der Waals surface area contributed by atoms with Crippen LogP contribution in [0.1, 0.15) is 25.7 Å². The van der Waals surface area contributed by atoms with Gasteiger partial charge in [-0.3, -0.25) is 4.79 Å². The highest BCUT2D eigenvalue weighted by Gasteiger charge is 2.45. The maximum absolute atomic E-state index is 12.6. The van der Waals surface area contributed by atoms with Crippen LogP contribution in [-0.2, 0) is 4.79 Å². The van der Waals surface area contributed by atoms with Gasteiger partial charge in [0.05, 0.1) is 0 Å². The van der Waals surface area contributed by atoms with Crippen LogP contribution >= 0.6 is 0 Å². The van der Waals surface area contributed by atoms with E-state index in [0.717, 1.165) is 12.1 Å². The van der Waals surface area contributed by atoms with Gasteiger partial charge in [-0.15, -0.1) is 0 Å². The van der Waals surface area contributed by atoms with E-state index in [4.69, 9.17) is 0 Å². The molecule has 0 spiro atoms. The quantitative estimate of drug-likeness (QED) is 0.719. The Morgan fingerprint density at radius 1 is 1.47 bits per heavy atom. The first-order chi connectivity index (χ1) is 6.96. The first kappa shape index (κ1) is 10.6. The molecule has 84 valence electrons. The molecule has 2 rings (SSSR count). The van der Waals surface area contributed by atoms with Crippen molar-refractivity contribution in [2.24, 2.45) is 5.92 Å². The minimum absolute atomic E-state index is 0.00142. The Balaban J connectivity index is 1.81. The fourth-order valence-corrected chi connectivity index (χ4v) is 2.30. The average Bonchev–Trinajstić information content (AvgIpc) is 2.48. The molecule has 2 aliphatic carbocycles. The molecule has 0 amide bonds. The highest BCUT2D eigenvalue weighted by Crippen LogP contribution is 2.42. The topological polar surface area (TPSA) is 20.3 Å². The maximum Gasteiger partial charge on any atom is 0.248 e. The molecule has 0 saturated heterocycles. The van der Waals surface area contributed by atoms with Crippen LogP contribution in [0.5, 0.6) is 0 Å². The minimum atomic E-state index is -2.44. The third-order valence-corrected chi connectivity index (χ3v) is 3.15. The van der Waals surface area contributed by atoms with Gasteiger partial charge in [0, 0.05) is 44.6 Å². The minimum Gasteiger partial charge on any atom is -0.377 e. The van der Waals surface area contributed by atoms with Crippen molar-refractivity contribution in [1.82, 2.24) is 4.90 Å². The molecule has 0 heterocycles. The summed E-state index contributed by atoms with van der Waals surface area (Å²) in [5.74, 6) is -2.21. The molecule has 0 aromatic rings. The summed E-state index contributed by atoms with van der Waals surface area (Å²) in [5, 5.41) is 0. The van der Waals surface area contributed by atoms with Crippen molar-refractivity contribution in [2.75, 3.05) is 13.6 Å². The smallest absolute Gasteiger partial charge is 0.248 e. The third-order valence-electron chi connectivity index (χ3n) is 3.15. The lowest BCUT2D eigenvalue weighted by atomic mass is 9.81. The van der Waals surface area contributed by atoms with E-state index in [1.54, 1.807) is 6.08 Å². The molecule has 0 aromatic heterocycles. The fraction of sp³-hybridized carbons (Fsp3) is 0.727. The predicted octanol–water partition coefficient (Wildman–Crippen LogP) is 2.21. The van der Waals surface area contributed by atoms with Gasteiger partial charge in [-0.25, -0.2) is 8.78 Å². The summed E-state index contributed by atoms with van der Waals surface area (Å²) in [6.07, 6.45) is 2.97. The molecular weight excluding hydrogens is 200 g/mol. The number of carbonyl (C=O) groups is 1. The van der Waals surface area contributed by atoms with Gasteiger partial charge in [-0.2, -0.15) is 0 Å². The Morgan fingerprint density at radius 2 is 2.13 bits per heavy atom. The standard InChI is InChI=1S/C11H15F2NO/c1-14(9-2-3-10(15)4-9)7-8-5-11(12,13)6-8/h4,8H,2-3,5-7H2,1H3. The van der Waals surface area contributed by atoms with Crippen LogP contribution in [0.15, 0.2) is 11.8 Å². The van der Waals surface area contributed by atoms with Gasteiger partial charge in [0.25, 0.3) is 0 Å². The van der Waals surface area contributed by atoms with Crippen LogP contribution in [0, 0.1) is 5.92 Å². The summed E-state index contributed by atoms with van der Waals surface area (Å²) in [6.45, 7) is 0.648. The maximum atomic E-state index is 12.6. The molecule has 15 heavy (non-hydrogen) atoms. The van der Waals surface area contributed by atoms with Gasteiger partial charge in [0.2, 0.25) is 5.92 Å². The molecule has 2 aliphatic rings. The normalized spacial score (nSPS) is 25.0. The molecule has 0 atom stereocenters. The molecule has 0 unspecified atom stereocenters. The van der Waals surface area contributed by atoms with E-state index < -0.39 is 5.92 Å². The second-order valence-corrected chi connectivity index (χ2v) is 4.61. The van der Waals surface area contributed by atoms with Crippen molar-refractivity contribution in [3.05, 3.63) is 11.8 Å². The fourth-order valence-electron chi connectivity index (χ4n) is 2.30. The van der Waals surface area contributed by atoms with E-state index in [1.165, 1.54) is 0 Å². The first-order valence-corrected chi connectivity index (χ1v) is 5.29. The molecule has 0 bridgehead atoms. The van der Waals surface area contributed by atoms with E-state index in [9.17, 15) is 13.6 Å². The molecule has 1 fully saturated rings. The first-order valence-electron chi connectivity index (χ1n) is 5.29. The number of hydrogen-bond acceptors (Lipinski definition) is 2. The van der Waals surface area contributed by atoms with Crippen molar-refractivity contribution in [1.29, 1.82) is 0 Å². The lowest BCUT2D eigenvalue weighted by molar-refractivity contribution is -0.114. The molecule has 0 aromatic carbocycles. The summed E-state index contributed by atoms with van der Waals surface area (Å²) in [4.78, 5) is 13.0. The molecule has 0 radical (unpaired) electrons. The number of halogens is 2. The Labute approximate surface area is 87.9 Å². The second kappa shape index (κ2) is 3.58. The SMILES string of the molecule is CN(CC1CC(F)(F)C1)C1=CC(=O)CC1. The Kier molecular flexibility index (Phi) is 2.52. The van der Waals surface area contributed by atoms with Crippen molar-refractivity contribution < 1.29 is 13.6 Å². The van der Waals surface area contributed by atoms with Crippen LogP contribution < -0.4 is 0 Å². The largest absolute Gasteiger partial charge is 0.377 e. The van der Waals surface area contributed by atoms with E-state index >= 15 is 0 Å². The van der Waals surface area contributed by atoms with Gasteiger partial charge in [0.15, 0.2) is 5.78 Å². The van der Waals surface area contributed by atoms with E-state index in [0.29, 0.717) is 13.0 Å². The van der Waals surface area contributed by atoms with Crippen LogP contribution in [0.4, 0.5) is 8.78 Å². The second-order valence-electron chi connectivity index (χ2n) is 4.61. The predicted molar refractivity (Wildman–Crippen MR) is 52.6 cm³/mol. The van der Waals surface area contributed by atoms with E-state index in [1.807, 2.05) is 11.9 Å². The lowest BCUT2D eigenvalue weighted by Gasteiger charge is -2.38. The third kappa shape index (κ3) is 2.36. The zero-order valence-electron chi connectivity index (χ0n) is 8.80. The Hall–Kier alpha value is -0.930. The van der Waals surface area contributed by atoms with Crippen LogP contribution in [-0.4, -0.2) is 30.2 Å². The molecular formula is C11H15F2NO. The monoisotopic (exact) mass is 215 g/mol. The number of carbonyl (C=O) groups excluding carboxylic acids is 1. The highest BCUT2D eigenvalue weighted by atomic mass is 19.3. The van der Waals surface area contributed by atoms with Crippen LogP contribution in [0.25, 0.3) is 0 Å². The van der Waals surface area contributed by atoms with Gasteiger partial charge in [-0.1, -0.05) is 0 Å². The molecule has 0 aliphatic heterocycles. The number of hydrogen-bond donors (Lipinski definition) is 0. The molecule has 2 nitrogen and oxygen atoms in total. The van der Waals surface area contributed by atoms with Crippen molar-refractivity contribution >= 4 is 5.78 Å². The van der Waals surface area contributed by atoms with Crippen molar-refractivity contribution in [2.45, 2.75) is 31.6 Å².